The van der Waals surface area contributed by atoms with Crippen LogP contribution in [-0.4, -0.2) is 19.0 Å². The van der Waals surface area contributed by atoms with E-state index in [9.17, 15) is 9.59 Å². The Morgan fingerprint density at radius 3 is 2.25 bits per heavy atom. The highest BCUT2D eigenvalue weighted by Crippen LogP contribution is 2.25. The fourth-order valence-electron chi connectivity index (χ4n) is 4.36. The summed E-state index contributed by atoms with van der Waals surface area (Å²) in [6.07, 6.45) is 1.46. The monoisotopic (exact) mass is 487 g/mol. The van der Waals surface area contributed by atoms with Crippen molar-refractivity contribution in [2.45, 2.75) is 59.6 Å². The first-order chi connectivity index (χ1) is 17.2. The predicted molar refractivity (Wildman–Crippen MR) is 143 cm³/mol. The van der Waals surface area contributed by atoms with Crippen molar-refractivity contribution in [1.82, 2.24) is 5.32 Å². The molecule has 0 aliphatic heterocycles. The summed E-state index contributed by atoms with van der Waals surface area (Å²) in [5.74, 6) is 0.720. The Hall–Kier alpha value is -3.60. The van der Waals surface area contributed by atoms with Crippen LogP contribution in [-0.2, 0) is 22.6 Å². The van der Waals surface area contributed by atoms with E-state index in [0.717, 1.165) is 28.9 Å². The number of aryl methyl sites for hydroxylation is 3. The van der Waals surface area contributed by atoms with Crippen LogP contribution < -0.4 is 10.1 Å². The summed E-state index contributed by atoms with van der Waals surface area (Å²) in [5, 5.41) is 3.28. The van der Waals surface area contributed by atoms with E-state index in [1.165, 1.54) is 18.2 Å². The lowest BCUT2D eigenvalue weighted by Crippen LogP contribution is -2.30. The van der Waals surface area contributed by atoms with E-state index >= 15 is 0 Å². The van der Waals surface area contributed by atoms with Crippen molar-refractivity contribution < 1.29 is 19.1 Å². The van der Waals surface area contributed by atoms with Gasteiger partial charge in [0.2, 0.25) is 0 Å². The molecule has 3 aromatic rings. The maximum absolute atomic E-state index is 13.7. The highest BCUT2D eigenvalue weighted by molar-refractivity contribution is 5.96. The van der Waals surface area contributed by atoms with Crippen LogP contribution in [0.5, 0.6) is 5.75 Å². The van der Waals surface area contributed by atoms with Gasteiger partial charge in [-0.25, -0.2) is 0 Å². The summed E-state index contributed by atoms with van der Waals surface area (Å²) in [6.45, 7) is 8.81. The van der Waals surface area contributed by atoms with E-state index in [2.05, 4.69) is 51.2 Å². The summed E-state index contributed by atoms with van der Waals surface area (Å²) < 4.78 is 10.7. The first-order valence-electron chi connectivity index (χ1n) is 12.5. The largest absolute Gasteiger partial charge is 0.489 e. The number of esters is 1. The van der Waals surface area contributed by atoms with Gasteiger partial charge in [0.1, 0.15) is 12.4 Å². The van der Waals surface area contributed by atoms with E-state index in [1.807, 2.05) is 48.5 Å². The fourth-order valence-corrected chi connectivity index (χ4v) is 4.36. The highest BCUT2D eigenvalue weighted by atomic mass is 16.5. The molecule has 1 atom stereocenters. The van der Waals surface area contributed by atoms with Gasteiger partial charge in [-0.15, -0.1) is 0 Å². The third-order valence-electron chi connectivity index (χ3n) is 6.05. The van der Waals surface area contributed by atoms with Crippen LogP contribution in [0.3, 0.4) is 0 Å². The Morgan fingerprint density at radius 1 is 0.917 bits per heavy atom. The molecular formula is C31H37NO4. The first kappa shape index (κ1) is 27.0. The Kier molecular flexibility index (Phi) is 9.69. The molecule has 3 rings (SSSR count). The Morgan fingerprint density at radius 2 is 1.61 bits per heavy atom. The number of carbonyl (C=O) groups is 2. The van der Waals surface area contributed by atoms with E-state index < -0.39 is 0 Å². The molecule has 0 spiro atoms. The van der Waals surface area contributed by atoms with Gasteiger partial charge in [0, 0.05) is 12.0 Å². The molecule has 0 fully saturated rings. The van der Waals surface area contributed by atoms with Crippen molar-refractivity contribution in [1.29, 1.82) is 0 Å². The van der Waals surface area contributed by atoms with Crippen LogP contribution in [0.1, 0.15) is 70.9 Å². The number of carbonyl (C=O) groups excluding carboxylic acids is 2. The molecule has 1 unspecified atom stereocenters. The second-order valence-electron chi connectivity index (χ2n) is 9.75. The van der Waals surface area contributed by atoms with Crippen molar-refractivity contribution in [3.05, 3.63) is 100 Å². The number of nitrogens with one attached hydrogen (secondary N) is 1. The Bertz CT molecular complexity index is 1150. The molecule has 0 saturated carbocycles. The zero-order valence-corrected chi connectivity index (χ0v) is 22.0. The predicted octanol–water partition coefficient (Wildman–Crippen LogP) is 6.51. The molecule has 5 nitrogen and oxygen atoms in total. The van der Waals surface area contributed by atoms with Gasteiger partial charge in [-0.2, -0.15) is 0 Å². The van der Waals surface area contributed by atoms with Gasteiger partial charge in [-0.05, 0) is 67.5 Å². The van der Waals surface area contributed by atoms with E-state index in [0.29, 0.717) is 24.5 Å². The molecule has 0 heterocycles. The molecular weight excluding hydrogens is 450 g/mol. The summed E-state index contributed by atoms with van der Waals surface area (Å²) >= 11 is 0. The highest BCUT2D eigenvalue weighted by Gasteiger charge is 2.21. The lowest BCUT2D eigenvalue weighted by atomic mass is 9.93. The molecule has 0 saturated heterocycles. The van der Waals surface area contributed by atoms with Crippen molar-refractivity contribution in [3.8, 4) is 5.75 Å². The van der Waals surface area contributed by atoms with Gasteiger partial charge in [0.15, 0.2) is 0 Å². The zero-order valence-electron chi connectivity index (χ0n) is 22.0. The number of hydrogen-bond donors (Lipinski definition) is 1. The van der Waals surface area contributed by atoms with E-state index in [4.69, 9.17) is 9.47 Å². The topological polar surface area (TPSA) is 64.6 Å². The summed E-state index contributed by atoms with van der Waals surface area (Å²) in [6, 6.07) is 21.6. The normalized spacial score (nSPS) is 11.7. The Balaban J connectivity index is 1.88. The van der Waals surface area contributed by atoms with Gasteiger partial charge in [0.05, 0.1) is 13.2 Å². The minimum atomic E-state index is -0.300. The summed E-state index contributed by atoms with van der Waals surface area (Å²) in [4.78, 5) is 25.5. The van der Waals surface area contributed by atoms with Crippen LogP contribution >= 0.6 is 0 Å². The number of amides is 1. The lowest BCUT2D eigenvalue weighted by molar-refractivity contribution is -0.140. The molecule has 1 N–H and O–H groups in total. The fraction of sp³-hybridized carbons (Fsp3) is 0.355. The first-order valence-corrected chi connectivity index (χ1v) is 12.5. The minimum absolute atomic E-state index is 0.117. The maximum atomic E-state index is 13.7. The smallest absolute Gasteiger partial charge is 0.305 e. The van der Waals surface area contributed by atoms with Gasteiger partial charge >= 0.3 is 5.97 Å². The van der Waals surface area contributed by atoms with Crippen LogP contribution in [0.25, 0.3) is 0 Å². The van der Waals surface area contributed by atoms with Crippen LogP contribution in [0.15, 0.2) is 66.7 Å². The van der Waals surface area contributed by atoms with Crippen molar-refractivity contribution in [2.24, 2.45) is 5.92 Å². The van der Waals surface area contributed by atoms with Gasteiger partial charge in [-0.3, -0.25) is 9.59 Å². The molecule has 3 aromatic carbocycles. The van der Waals surface area contributed by atoms with E-state index in [1.54, 1.807) is 0 Å². The van der Waals surface area contributed by atoms with E-state index in [-0.39, 0.29) is 24.3 Å². The van der Waals surface area contributed by atoms with Crippen LogP contribution in [0, 0.1) is 19.8 Å². The number of hydrogen-bond acceptors (Lipinski definition) is 4. The van der Waals surface area contributed by atoms with Crippen molar-refractivity contribution in [2.75, 3.05) is 7.11 Å². The van der Waals surface area contributed by atoms with Crippen molar-refractivity contribution in [3.63, 3.8) is 0 Å². The maximum Gasteiger partial charge on any atom is 0.305 e. The number of benzene rings is 3. The van der Waals surface area contributed by atoms with Gasteiger partial charge < -0.3 is 14.8 Å². The standard InChI is InChI=1S/C31H37NO4/c1-21(2)15-29(26-17-22(3)16-23(4)18-26)32-31(34)28-19-24(20-36-27-9-7-6-8-10-27)11-12-25(28)13-14-30(33)35-5/h6-12,16-19,21,29H,13-15,20H2,1-5H3,(H,32,34). The molecule has 5 heteroatoms. The molecule has 0 aliphatic rings. The van der Waals surface area contributed by atoms with Crippen molar-refractivity contribution >= 4 is 11.9 Å². The third-order valence-corrected chi connectivity index (χ3v) is 6.05. The SMILES string of the molecule is COC(=O)CCc1ccc(COc2ccccc2)cc1C(=O)NC(CC(C)C)c1cc(C)cc(C)c1. The number of para-hydroxylation sites is 1. The Labute approximate surface area is 214 Å². The lowest BCUT2D eigenvalue weighted by Gasteiger charge is -2.23. The number of ether oxygens (including phenoxy) is 2. The van der Waals surface area contributed by atoms with Gasteiger partial charge in [-0.1, -0.05) is 73.5 Å². The summed E-state index contributed by atoms with van der Waals surface area (Å²) in [7, 11) is 1.38. The van der Waals surface area contributed by atoms with Crippen LogP contribution in [0.2, 0.25) is 0 Å². The van der Waals surface area contributed by atoms with Gasteiger partial charge in [0.25, 0.3) is 5.91 Å². The molecule has 0 aromatic heterocycles. The van der Waals surface area contributed by atoms with Crippen LogP contribution in [0.4, 0.5) is 0 Å². The third kappa shape index (κ3) is 7.98. The molecule has 36 heavy (non-hydrogen) atoms. The second-order valence-corrected chi connectivity index (χ2v) is 9.75. The number of rotatable bonds is 11. The molecule has 0 radical (unpaired) electrons. The molecule has 1 amide bonds. The number of methoxy groups -OCH3 is 1. The zero-order chi connectivity index (χ0) is 26.1. The second kappa shape index (κ2) is 12.9. The molecule has 0 aliphatic carbocycles. The minimum Gasteiger partial charge on any atom is -0.489 e. The quantitative estimate of drug-likeness (QED) is 0.313. The average molecular weight is 488 g/mol. The molecule has 190 valence electrons. The molecule has 0 bridgehead atoms. The summed E-state index contributed by atoms with van der Waals surface area (Å²) in [5.41, 5.74) is 5.71. The average Bonchev–Trinajstić information content (AvgIpc) is 2.85.